The Kier molecular flexibility index (Phi) is 4.85. The maximum absolute atomic E-state index is 12.0. The molecule has 0 fully saturated rings. The molecule has 0 heterocycles. The average Bonchev–Trinajstić information content (AvgIpc) is 2.34. The van der Waals surface area contributed by atoms with Gasteiger partial charge in [0.15, 0.2) is 6.04 Å². The molecular weight excluding hydrogens is 234 g/mol. The minimum absolute atomic E-state index is 0.437. The minimum atomic E-state index is -1.30. The van der Waals surface area contributed by atoms with E-state index in [0.29, 0.717) is 12.0 Å². The van der Waals surface area contributed by atoms with Crippen LogP contribution in [0.1, 0.15) is 29.8 Å². The number of aliphatic carboxylic acids is 1. The quantitative estimate of drug-likeness (QED) is 0.723. The molecule has 0 bridgehead atoms. The van der Waals surface area contributed by atoms with Crippen molar-refractivity contribution in [1.82, 2.24) is 5.32 Å². The third kappa shape index (κ3) is 3.30. The van der Waals surface area contributed by atoms with Crippen molar-refractivity contribution in [2.75, 3.05) is 0 Å². The van der Waals surface area contributed by atoms with E-state index in [1.807, 2.05) is 19.1 Å². The van der Waals surface area contributed by atoms with Gasteiger partial charge in [0.25, 0.3) is 5.91 Å². The van der Waals surface area contributed by atoms with E-state index in [-0.39, 0.29) is 0 Å². The number of aliphatic hydroxyl groups is 1. The van der Waals surface area contributed by atoms with Crippen molar-refractivity contribution in [2.24, 2.45) is 0 Å². The predicted molar refractivity (Wildman–Crippen MR) is 66.4 cm³/mol. The highest BCUT2D eigenvalue weighted by molar-refractivity contribution is 5.97. The second-order valence-electron chi connectivity index (χ2n) is 4.04. The van der Waals surface area contributed by atoms with Gasteiger partial charge in [-0.1, -0.05) is 25.1 Å². The number of carbonyl (C=O) groups is 2. The summed E-state index contributed by atoms with van der Waals surface area (Å²) in [6, 6.07) is 5.68. The molecule has 0 aliphatic carbocycles. The van der Waals surface area contributed by atoms with Gasteiger partial charge in [-0.3, -0.25) is 4.79 Å². The maximum atomic E-state index is 12.0. The van der Waals surface area contributed by atoms with Crippen molar-refractivity contribution in [3.8, 4) is 0 Å². The Morgan fingerprint density at radius 3 is 2.44 bits per heavy atom. The van der Waals surface area contributed by atoms with Gasteiger partial charge in [0, 0.05) is 5.56 Å². The topological polar surface area (TPSA) is 86.6 Å². The van der Waals surface area contributed by atoms with Gasteiger partial charge in [0.2, 0.25) is 0 Å². The highest BCUT2D eigenvalue weighted by Crippen LogP contribution is 2.10. The third-order valence-corrected chi connectivity index (χ3v) is 2.68. The van der Waals surface area contributed by atoms with Gasteiger partial charge in [-0.25, -0.2) is 4.79 Å². The van der Waals surface area contributed by atoms with Gasteiger partial charge in [0.1, 0.15) is 0 Å². The van der Waals surface area contributed by atoms with Crippen LogP contribution in [0, 0.1) is 0 Å². The van der Waals surface area contributed by atoms with E-state index in [2.05, 4.69) is 5.32 Å². The third-order valence-electron chi connectivity index (χ3n) is 2.68. The summed E-state index contributed by atoms with van der Waals surface area (Å²) < 4.78 is 0. The lowest BCUT2D eigenvalue weighted by Gasteiger charge is -2.17. The van der Waals surface area contributed by atoms with Gasteiger partial charge in [-0.05, 0) is 25.0 Å². The summed E-state index contributed by atoms with van der Waals surface area (Å²) in [6.07, 6.45) is -0.476. The zero-order valence-electron chi connectivity index (χ0n) is 10.4. The molecule has 1 amide bonds. The molecule has 5 nitrogen and oxygen atoms in total. The second-order valence-corrected chi connectivity index (χ2v) is 4.04. The van der Waals surface area contributed by atoms with Gasteiger partial charge in [-0.2, -0.15) is 0 Å². The number of hydrogen-bond donors (Lipinski definition) is 3. The lowest BCUT2D eigenvalue weighted by molar-refractivity contribution is -0.141. The van der Waals surface area contributed by atoms with Crippen molar-refractivity contribution in [1.29, 1.82) is 0 Å². The molecule has 1 aromatic rings. The summed E-state index contributed by atoms with van der Waals surface area (Å²) in [4.78, 5) is 22.8. The number of carboxylic acids is 1. The largest absolute Gasteiger partial charge is 0.480 e. The number of aryl methyl sites for hydroxylation is 1. The molecule has 0 unspecified atom stereocenters. The number of aliphatic hydroxyl groups excluding tert-OH is 1. The van der Waals surface area contributed by atoms with Gasteiger partial charge >= 0.3 is 5.97 Å². The number of hydrogen-bond acceptors (Lipinski definition) is 3. The molecular formula is C13H17NO4. The molecule has 0 saturated heterocycles. The molecule has 0 aromatic heterocycles. The van der Waals surface area contributed by atoms with E-state index >= 15 is 0 Å². The van der Waals surface area contributed by atoms with Crippen molar-refractivity contribution in [3.63, 3.8) is 0 Å². The molecule has 1 aromatic carbocycles. The van der Waals surface area contributed by atoms with Crippen LogP contribution in [0.4, 0.5) is 0 Å². The van der Waals surface area contributed by atoms with Crippen LogP contribution in [0.25, 0.3) is 0 Å². The van der Waals surface area contributed by atoms with Crippen LogP contribution in [-0.4, -0.2) is 34.2 Å². The van der Waals surface area contributed by atoms with Crippen molar-refractivity contribution in [3.05, 3.63) is 35.4 Å². The van der Waals surface area contributed by atoms with Gasteiger partial charge in [-0.15, -0.1) is 0 Å². The van der Waals surface area contributed by atoms with Crippen LogP contribution in [0.2, 0.25) is 0 Å². The first-order valence-electron chi connectivity index (χ1n) is 5.77. The van der Waals surface area contributed by atoms with E-state index in [1.54, 1.807) is 12.1 Å². The Morgan fingerprint density at radius 1 is 1.33 bits per heavy atom. The van der Waals surface area contributed by atoms with Gasteiger partial charge < -0.3 is 15.5 Å². The summed E-state index contributed by atoms with van der Waals surface area (Å²) in [7, 11) is 0. The van der Waals surface area contributed by atoms with Crippen LogP contribution in [0.3, 0.4) is 0 Å². The van der Waals surface area contributed by atoms with Crippen LogP contribution >= 0.6 is 0 Å². The zero-order chi connectivity index (χ0) is 13.7. The molecule has 0 spiro atoms. The van der Waals surface area contributed by atoms with Crippen molar-refractivity contribution in [2.45, 2.75) is 32.4 Å². The molecule has 0 aliphatic rings. The Bertz CT molecular complexity index is 442. The van der Waals surface area contributed by atoms with Crippen LogP contribution in [-0.2, 0) is 11.2 Å². The van der Waals surface area contributed by atoms with Crippen molar-refractivity contribution >= 4 is 11.9 Å². The summed E-state index contributed by atoms with van der Waals surface area (Å²) in [5.74, 6) is -1.74. The minimum Gasteiger partial charge on any atom is -0.480 e. The molecule has 5 heteroatoms. The molecule has 3 N–H and O–H groups in total. The van der Waals surface area contributed by atoms with E-state index < -0.39 is 24.0 Å². The average molecular weight is 251 g/mol. The first-order valence-corrected chi connectivity index (χ1v) is 5.77. The number of benzene rings is 1. The normalized spacial score (nSPS) is 13.7. The van der Waals surface area contributed by atoms with Gasteiger partial charge in [0.05, 0.1) is 6.10 Å². The number of amides is 1. The van der Waals surface area contributed by atoms with Crippen LogP contribution < -0.4 is 5.32 Å². The fourth-order valence-electron chi connectivity index (χ4n) is 1.66. The van der Waals surface area contributed by atoms with Crippen LogP contribution in [0.15, 0.2) is 24.3 Å². The molecule has 0 radical (unpaired) electrons. The fraction of sp³-hybridized carbons (Fsp3) is 0.385. The molecule has 0 aliphatic heterocycles. The molecule has 2 atom stereocenters. The Balaban J connectivity index is 2.90. The second kappa shape index (κ2) is 6.16. The van der Waals surface area contributed by atoms with Crippen LogP contribution in [0.5, 0.6) is 0 Å². The Morgan fingerprint density at radius 2 is 1.94 bits per heavy atom. The zero-order valence-corrected chi connectivity index (χ0v) is 10.4. The summed E-state index contributed by atoms with van der Waals surface area (Å²) in [6.45, 7) is 3.24. The monoisotopic (exact) mass is 251 g/mol. The number of carboxylic acid groups (broad SMARTS) is 1. The Labute approximate surface area is 105 Å². The summed E-state index contributed by atoms with van der Waals surface area (Å²) in [5, 5.41) is 20.5. The first-order chi connectivity index (χ1) is 8.47. The number of rotatable bonds is 5. The first kappa shape index (κ1) is 14.2. The Hall–Kier alpha value is -1.88. The van der Waals surface area contributed by atoms with E-state index in [4.69, 9.17) is 5.11 Å². The molecule has 98 valence electrons. The molecule has 18 heavy (non-hydrogen) atoms. The van der Waals surface area contributed by atoms with E-state index in [0.717, 1.165) is 5.56 Å². The number of nitrogens with one attached hydrogen (secondary N) is 1. The fourth-order valence-corrected chi connectivity index (χ4v) is 1.66. The standard InChI is InChI=1S/C13H17NO4/c1-3-9-6-4-5-7-10(9)12(16)14-11(8(2)15)13(17)18/h4-8,11,15H,3H2,1-2H3,(H,14,16)(H,17,18)/t8-,11+/m1/s1. The lowest BCUT2D eigenvalue weighted by atomic mass is 10.0. The highest BCUT2D eigenvalue weighted by atomic mass is 16.4. The maximum Gasteiger partial charge on any atom is 0.328 e. The lowest BCUT2D eigenvalue weighted by Crippen LogP contribution is -2.47. The molecule has 1 rings (SSSR count). The van der Waals surface area contributed by atoms with E-state index in [1.165, 1.54) is 6.92 Å². The highest BCUT2D eigenvalue weighted by Gasteiger charge is 2.25. The summed E-state index contributed by atoms with van der Waals surface area (Å²) >= 11 is 0. The predicted octanol–water partition coefficient (Wildman–Crippen LogP) is 0.813. The summed E-state index contributed by atoms with van der Waals surface area (Å²) in [5.41, 5.74) is 1.27. The van der Waals surface area contributed by atoms with E-state index in [9.17, 15) is 14.7 Å². The number of carbonyl (C=O) groups excluding carboxylic acids is 1. The molecule has 0 saturated carbocycles. The van der Waals surface area contributed by atoms with Crippen molar-refractivity contribution < 1.29 is 19.8 Å². The smallest absolute Gasteiger partial charge is 0.328 e. The SMILES string of the molecule is CCc1ccccc1C(=O)N[C@H](C(=O)O)[C@@H](C)O.